The van der Waals surface area contributed by atoms with Gasteiger partial charge in [0, 0.05) is 6.54 Å². The third-order valence-electron chi connectivity index (χ3n) is 5.63. The Balaban J connectivity index is 0.00000110. The molecule has 0 spiro atoms. The number of likely N-dealkylation sites (N-methyl/N-ethyl adjacent to an activating group) is 1. The fourth-order valence-corrected chi connectivity index (χ4v) is 5.00. The lowest BCUT2D eigenvalue weighted by Gasteiger charge is -2.44. The van der Waals surface area contributed by atoms with Crippen LogP contribution in [0.15, 0.2) is 0 Å². The summed E-state index contributed by atoms with van der Waals surface area (Å²) >= 11 is 7.55. The summed E-state index contributed by atoms with van der Waals surface area (Å²) in [7, 11) is 1.94. The van der Waals surface area contributed by atoms with E-state index in [-0.39, 0.29) is 17.7 Å². The van der Waals surface area contributed by atoms with Crippen molar-refractivity contribution in [1.29, 1.82) is 0 Å². The van der Waals surface area contributed by atoms with Gasteiger partial charge < -0.3 is 30.2 Å². The van der Waals surface area contributed by atoms with E-state index < -0.39 is 41.3 Å². The van der Waals surface area contributed by atoms with Gasteiger partial charge in [0.2, 0.25) is 5.91 Å². The zero-order valence-corrected chi connectivity index (χ0v) is 20.9. The number of likely N-dealkylation sites (tertiary alicyclic amines) is 1. The van der Waals surface area contributed by atoms with Crippen molar-refractivity contribution < 1.29 is 29.6 Å². The van der Waals surface area contributed by atoms with Crippen molar-refractivity contribution in [2.45, 2.75) is 94.3 Å². The summed E-state index contributed by atoms with van der Waals surface area (Å²) in [6.07, 6.45) is -0.0980. The van der Waals surface area contributed by atoms with E-state index in [1.807, 2.05) is 11.9 Å². The molecule has 0 aromatic heterocycles. The summed E-state index contributed by atoms with van der Waals surface area (Å²) in [6, 6.07) is -0.934. The van der Waals surface area contributed by atoms with Crippen LogP contribution in [0.3, 0.4) is 0 Å². The Morgan fingerprint density at radius 1 is 1.23 bits per heavy atom. The van der Waals surface area contributed by atoms with Gasteiger partial charge in [0.05, 0.1) is 17.5 Å². The molecule has 2 aliphatic rings. The maximum Gasteiger partial charge on any atom is 0.237 e. The quantitative estimate of drug-likeness (QED) is 0.396. The van der Waals surface area contributed by atoms with Crippen LogP contribution in [0, 0.1) is 5.92 Å². The Morgan fingerprint density at radius 3 is 2.29 bits per heavy atom. The molecule has 2 fully saturated rings. The number of hydrogen-bond donors (Lipinski definition) is 4. The van der Waals surface area contributed by atoms with Gasteiger partial charge in [-0.1, -0.05) is 13.3 Å². The fraction of sp³-hybridized carbons (Fsp3) is 0.905. The minimum absolute atomic E-state index is 0.147. The van der Waals surface area contributed by atoms with Gasteiger partial charge in [-0.05, 0) is 52.8 Å². The van der Waals surface area contributed by atoms with Crippen LogP contribution in [-0.2, 0) is 14.3 Å². The van der Waals surface area contributed by atoms with Crippen LogP contribution in [0.1, 0.15) is 47.0 Å². The van der Waals surface area contributed by atoms with Crippen LogP contribution in [-0.4, -0.2) is 99.1 Å². The fourth-order valence-electron chi connectivity index (χ4n) is 4.11. The van der Waals surface area contributed by atoms with Crippen molar-refractivity contribution >= 4 is 35.1 Å². The highest BCUT2D eigenvalue weighted by Crippen LogP contribution is 2.31. The summed E-state index contributed by atoms with van der Waals surface area (Å²) < 4.78 is 5.79. The molecule has 2 heterocycles. The molecule has 4 N–H and O–H groups in total. The predicted molar refractivity (Wildman–Crippen MR) is 123 cm³/mol. The lowest BCUT2D eigenvalue weighted by Crippen LogP contribution is -2.65. The van der Waals surface area contributed by atoms with Gasteiger partial charge in [-0.15, -0.1) is 23.4 Å². The number of carbonyl (C=O) groups is 2. The van der Waals surface area contributed by atoms with Crippen LogP contribution in [0.5, 0.6) is 0 Å². The number of ether oxygens (including phenoxy) is 1. The first kappa shape index (κ1) is 28.6. The molecule has 2 rings (SSSR count). The summed E-state index contributed by atoms with van der Waals surface area (Å²) in [6.45, 7) is 7.80. The zero-order valence-electron chi connectivity index (χ0n) is 19.3. The molecule has 0 bridgehead atoms. The number of thioether (sulfide) groups is 1. The highest BCUT2D eigenvalue weighted by Gasteiger charge is 2.48. The first-order valence-electron chi connectivity index (χ1n) is 10.8. The van der Waals surface area contributed by atoms with Crippen molar-refractivity contribution in [2.75, 3.05) is 19.8 Å². The molecular formula is C21H39ClN2O6S. The molecule has 8 nitrogen and oxygen atoms in total. The minimum Gasteiger partial charge on any atom is -0.388 e. The topological polar surface area (TPSA) is 119 Å². The summed E-state index contributed by atoms with van der Waals surface area (Å²) in [4.78, 5) is 24.4. The van der Waals surface area contributed by atoms with Crippen molar-refractivity contribution in [3.8, 4) is 0 Å². The average Bonchev–Trinajstić information content (AvgIpc) is 3.05. The van der Waals surface area contributed by atoms with E-state index in [0.29, 0.717) is 5.92 Å². The lowest BCUT2D eigenvalue weighted by atomic mass is 9.92. The number of Topliss-reactive ketones (excluding diaryl/α,β-unsaturated/α-hetero) is 1. The first-order chi connectivity index (χ1) is 14.4. The molecule has 0 radical (unpaired) electrons. The van der Waals surface area contributed by atoms with Gasteiger partial charge in [0.1, 0.15) is 35.6 Å². The number of carbonyl (C=O) groups excluding carboxylic acids is 2. The third kappa shape index (κ3) is 8.14. The summed E-state index contributed by atoms with van der Waals surface area (Å²) in [5, 5.41) is 33.0. The highest BCUT2D eigenvalue weighted by molar-refractivity contribution is 7.99. The summed E-state index contributed by atoms with van der Waals surface area (Å²) in [5.41, 5.74) is -0.702. The first-order valence-corrected chi connectivity index (χ1v) is 12.5. The van der Waals surface area contributed by atoms with E-state index in [1.165, 1.54) is 25.6 Å². The Labute approximate surface area is 195 Å². The SMILES string of the molecule is CC(C)=O.CCC[C@@H]1C[C@@H](C(=O)N[C@@H]([C@H]2O[C@H](SC)[C@H](O)[C@@H](O)[C@H]2O)[C@H](C)Cl)N(C)C1. The van der Waals surface area contributed by atoms with E-state index in [4.69, 9.17) is 16.3 Å². The van der Waals surface area contributed by atoms with Crippen LogP contribution < -0.4 is 5.32 Å². The van der Waals surface area contributed by atoms with Crippen molar-refractivity contribution in [3.63, 3.8) is 0 Å². The third-order valence-corrected chi connectivity index (χ3v) is 6.76. The molecule has 182 valence electrons. The molecule has 0 aromatic carbocycles. The zero-order chi connectivity index (χ0) is 23.9. The van der Waals surface area contributed by atoms with E-state index >= 15 is 0 Å². The van der Waals surface area contributed by atoms with E-state index in [2.05, 4.69) is 12.2 Å². The van der Waals surface area contributed by atoms with Crippen LogP contribution in [0.4, 0.5) is 0 Å². The Kier molecular flexibility index (Phi) is 12.3. The molecule has 1 amide bonds. The number of nitrogens with one attached hydrogen (secondary N) is 1. The van der Waals surface area contributed by atoms with Crippen molar-refractivity contribution in [3.05, 3.63) is 0 Å². The van der Waals surface area contributed by atoms with Crippen molar-refractivity contribution in [2.24, 2.45) is 5.92 Å². The predicted octanol–water partition coefficient (Wildman–Crippen LogP) is 0.985. The maximum atomic E-state index is 12.9. The Bertz CT molecular complexity index is 578. The molecule has 10 heteroatoms. The van der Waals surface area contributed by atoms with E-state index in [1.54, 1.807) is 13.2 Å². The van der Waals surface area contributed by atoms with Gasteiger partial charge in [-0.3, -0.25) is 9.69 Å². The highest BCUT2D eigenvalue weighted by atomic mass is 35.5. The average molecular weight is 483 g/mol. The number of nitrogens with zero attached hydrogens (tertiary/aromatic N) is 1. The molecule has 0 unspecified atom stereocenters. The monoisotopic (exact) mass is 482 g/mol. The maximum absolute atomic E-state index is 12.9. The Morgan fingerprint density at radius 2 is 1.81 bits per heavy atom. The largest absolute Gasteiger partial charge is 0.388 e. The number of aliphatic hydroxyl groups is 3. The van der Waals surface area contributed by atoms with E-state index in [0.717, 1.165) is 25.8 Å². The number of aliphatic hydroxyl groups excluding tert-OH is 3. The molecule has 0 aromatic rings. The van der Waals surface area contributed by atoms with Gasteiger partial charge in [0.15, 0.2) is 0 Å². The minimum atomic E-state index is -1.36. The van der Waals surface area contributed by atoms with Gasteiger partial charge >= 0.3 is 0 Å². The van der Waals surface area contributed by atoms with Crippen LogP contribution in [0.25, 0.3) is 0 Å². The molecule has 9 atom stereocenters. The van der Waals surface area contributed by atoms with Crippen molar-refractivity contribution in [1.82, 2.24) is 10.2 Å². The number of ketones is 1. The van der Waals surface area contributed by atoms with Crippen LogP contribution in [0.2, 0.25) is 0 Å². The molecule has 2 saturated heterocycles. The van der Waals surface area contributed by atoms with E-state index in [9.17, 15) is 24.9 Å². The number of rotatable bonds is 7. The normalized spacial score (nSPS) is 35.6. The molecular weight excluding hydrogens is 444 g/mol. The molecule has 2 aliphatic heterocycles. The standard InChI is InChI=1S/C18H33ClN2O5S.C3H6O/c1-5-6-10-7-11(21(3)8-10)17(25)20-12(9(2)19)16-14(23)13(22)15(24)18(26-16)27-4;1-3(2)4/h9-16,18,22-24H,5-8H2,1-4H3,(H,20,25);1-2H3/t9-,10+,11-,12+,13-,14+,15+,16+,18+;/m0./s1. The van der Waals surface area contributed by atoms with Gasteiger partial charge in [-0.2, -0.15) is 0 Å². The number of hydrogen-bond acceptors (Lipinski definition) is 8. The number of halogens is 1. The lowest BCUT2D eigenvalue weighted by molar-refractivity contribution is -0.205. The second kappa shape index (κ2) is 13.3. The number of alkyl halides is 1. The van der Waals surface area contributed by atoms with Gasteiger partial charge in [-0.25, -0.2) is 0 Å². The second-order valence-electron chi connectivity index (χ2n) is 8.64. The number of amides is 1. The molecule has 0 saturated carbocycles. The molecule has 0 aliphatic carbocycles. The molecule has 31 heavy (non-hydrogen) atoms. The van der Waals surface area contributed by atoms with Crippen LogP contribution >= 0.6 is 23.4 Å². The smallest absolute Gasteiger partial charge is 0.237 e. The Hall–Kier alpha value is -0.420. The van der Waals surface area contributed by atoms with Gasteiger partial charge in [0.25, 0.3) is 0 Å². The second-order valence-corrected chi connectivity index (χ2v) is 10.3. The summed E-state index contributed by atoms with van der Waals surface area (Å²) in [5.74, 6) is 0.516.